The molecule has 1 saturated heterocycles. The summed E-state index contributed by atoms with van der Waals surface area (Å²) in [5, 5.41) is 10.8. The van der Waals surface area contributed by atoms with Gasteiger partial charge in [0.25, 0.3) is 0 Å². The van der Waals surface area contributed by atoms with E-state index in [9.17, 15) is 9.59 Å². The molecule has 1 N–H and O–H groups in total. The first-order chi connectivity index (χ1) is 14.0. The molecule has 2 aliphatic carbocycles. The van der Waals surface area contributed by atoms with Crippen molar-refractivity contribution < 1.29 is 19.0 Å². The van der Waals surface area contributed by atoms with Crippen molar-refractivity contribution in [1.29, 1.82) is 0 Å². The standard InChI is InChI=1S/C21H32N4O4/c1-13-17(24-29-23-13)10-21(27)25-11-15-8-18(19(28-2)9-16(15)12-25)22-20(26)7-14-5-3-4-6-14/h14-16,18-19H,3-12H2,1-2H3,(H,22,26)/t15-,16+,18-,19-/m0/s1. The Hall–Kier alpha value is -1.96. The summed E-state index contributed by atoms with van der Waals surface area (Å²) in [5.74, 6) is 1.58. The number of amides is 2. The van der Waals surface area contributed by atoms with Crippen LogP contribution in [0.15, 0.2) is 4.63 Å². The Morgan fingerprint density at radius 3 is 2.55 bits per heavy atom. The van der Waals surface area contributed by atoms with Gasteiger partial charge in [0.05, 0.1) is 18.6 Å². The lowest BCUT2D eigenvalue weighted by molar-refractivity contribution is -0.129. The smallest absolute Gasteiger partial charge is 0.228 e. The highest BCUT2D eigenvalue weighted by atomic mass is 16.6. The van der Waals surface area contributed by atoms with Crippen LogP contribution >= 0.6 is 0 Å². The average molecular weight is 405 g/mol. The first-order valence-electron chi connectivity index (χ1n) is 10.9. The van der Waals surface area contributed by atoms with E-state index in [-0.39, 0.29) is 30.4 Å². The van der Waals surface area contributed by atoms with Crippen LogP contribution in [0.4, 0.5) is 0 Å². The van der Waals surface area contributed by atoms with Crippen molar-refractivity contribution in [3.63, 3.8) is 0 Å². The number of fused-ring (bicyclic) bond motifs is 1. The van der Waals surface area contributed by atoms with Gasteiger partial charge in [0, 0.05) is 26.6 Å². The molecule has 8 heteroatoms. The molecule has 0 radical (unpaired) electrons. The maximum absolute atomic E-state index is 12.7. The van der Waals surface area contributed by atoms with Crippen molar-refractivity contribution in [2.45, 2.75) is 70.4 Å². The van der Waals surface area contributed by atoms with Crippen LogP contribution in [0.25, 0.3) is 0 Å². The number of likely N-dealkylation sites (tertiary alicyclic amines) is 1. The zero-order valence-corrected chi connectivity index (χ0v) is 17.4. The molecule has 0 unspecified atom stereocenters. The van der Waals surface area contributed by atoms with Gasteiger partial charge in [-0.1, -0.05) is 23.2 Å². The van der Waals surface area contributed by atoms with Crippen LogP contribution in [0.5, 0.6) is 0 Å². The summed E-state index contributed by atoms with van der Waals surface area (Å²) >= 11 is 0. The molecule has 0 bridgehead atoms. The van der Waals surface area contributed by atoms with Crippen molar-refractivity contribution in [3.05, 3.63) is 11.4 Å². The van der Waals surface area contributed by atoms with Gasteiger partial charge in [-0.05, 0) is 50.4 Å². The summed E-state index contributed by atoms with van der Waals surface area (Å²) in [4.78, 5) is 27.2. The molecule has 4 rings (SSSR count). The van der Waals surface area contributed by atoms with Gasteiger partial charge in [0.1, 0.15) is 11.4 Å². The van der Waals surface area contributed by atoms with Crippen molar-refractivity contribution in [2.24, 2.45) is 17.8 Å². The molecule has 3 fully saturated rings. The van der Waals surface area contributed by atoms with Gasteiger partial charge < -0.3 is 15.0 Å². The van der Waals surface area contributed by atoms with E-state index < -0.39 is 0 Å². The number of hydrogen-bond acceptors (Lipinski definition) is 6. The minimum Gasteiger partial charge on any atom is -0.379 e. The fraction of sp³-hybridized carbons (Fsp3) is 0.810. The van der Waals surface area contributed by atoms with Gasteiger partial charge in [0.2, 0.25) is 11.8 Å². The zero-order chi connectivity index (χ0) is 20.4. The molecule has 4 atom stereocenters. The largest absolute Gasteiger partial charge is 0.379 e. The van der Waals surface area contributed by atoms with Crippen LogP contribution in [-0.2, 0) is 20.7 Å². The van der Waals surface area contributed by atoms with Crippen molar-refractivity contribution in [1.82, 2.24) is 20.5 Å². The minimum absolute atomic E-state index is 0.0146. The second-order valence-corrected chi connectivity index (χ2v) is 9.07. The number of carbonyl (C=O) groups excluding carboxylic acids is 2. The monoisotopic (exact) mass is 404 g/mol. The van der Waals surface area contributed by atoms with Crippen LogP contribution in [0, 0.1) is 24.7 Å². The molecule has 2 saturated carbocycles. The molecule has 29 heavy (non-hydrogen) atoms. The molecule has 0 spiro atoms. The third-order valence-corrected chi connectivity index (χ3v) is 7.13. The van der Waals surface area contributed by atoms with Gasteiger partial charge in [-0.3, -0.25) is 9.59 Å². The quantitative estimate of drug-likeness (QED) is 0.777. The van der Waals surface area contributed by atoms with Gasteiger partial charge >= 0.3 is 0 Å². The molecule has 8 nitrogen and oxygen atoms in total. The van der Waals surface area contributed by atoms with Crippen LogP contribution in [0.1, 0.15) is 56.3 Å². The summed E-state index contributed by atoms with van der Waals surface area (Å²) < 4.78 is 10.4. The Balaban J connectivity index is 1.32. The summed E-state index contributed by atoms with van der Waals surface area (Å²) in [7, 11) is 1.72. The predicted molar refractivity (Wildman–Crippen MR) is 105 cm³/mol. The molecule has 2 amide bonds. The number of nitrogens with one attached hydrogen (secondary N) is 1. The van der Waals surface area contributed by atoms with Crippen molar-refractivity contribution in [2.75, 3.05) is 20.2 Å². The van der Waals surface area contributed by atoms with E-state index >= 15 is 0 Å². The summed E-state index contributed by atoms with van der Waals surface area (Å²) in [6.45, 7) is 3.28. The highest BCUT2D eigenvalue weighted by molar-refractivity contribution is 5.79. The maximum atomic E-state index is 12.7. The van der Waals surface area contributed by atoms with E-state index in [1.807, 2.05) is 4.90 Å². The predicted octanol–water partition coefficient (Wildman–Crippen LogP) is 1.87. The fourth-order valence-electron chi connectivity index (χ4n) is 5.44. The SMILES string of the molecule is CO[C@H]1C[C@@H]2CN(C(=O)Cc3nonc3C)C[C@@H]2C[C@@H]1NC(=O)CC1CCCC1. The second-order valence-electron chi connectivity index (χ2n) is 9.07. The first-order valence-corrected chi connectivity index (χ1v) is 10.9. The minimum atomic E-state index is 0.0146. The number of nitrogens with zero attached hydrogens (tertiary/aromatic N) is 3. The molecular weight excluding hydrogens is 372 g/mol. The number of aromatic nitrogens is 2. The molecular formula is C21H32N4O4. The Bertz CT molecular complexity index is 730. The van der Waals surface area contributed by atoms with Gasteiger partial charge in [0.15, 0.2) is 0 Å². The molecule has 3 aliphatic rings. The number of hydrogen-bond donors (Lipinski definition) is 1. The number of methoxy groups -OCH3 is 1. The topological polar surface area (TPSA) is 97.6 Å². The average Bonchev–Trinajstić information content (AvgIpc) is 3.43. The molecule has 1 aliphatic heterocycles. The lowest BCUT2D eigenvalue weighted by Crippen LogP contribution is -2.50. The molecule has 0 aromatic carbocycles. The van der Waals surface area contributed by atoms with E-state index in [4.69, 9.17) is 9.37 Å². The highest BCUT2D eigenvalue weighted by Crippen LogP contribution is 2.38. The Morgan fingerprint density at radius 2 is 1.90 bits per heavy atom. The first kappa shape index (κ1) is 20.3. The molecule has 1 aromatic heterocycles. The highest BCUT2D eigenvalue weighted by Gasteiger charge is 2.44. The zero-order valence-electron chi connectivity index (χ0n) is 17.4. The van der Waals surface area contributed by atoms with E-state index in [1.54, 1.807) is 14.0 Å². The Labute approximate surface area is 171 Å². The van der Waals surface area contributed by atoms with Crippen LogP contribution in [0.3, 0.4) is 0 Å². The van der Waals surface area contributed by atoms with E-state index in [2.05, 4.69) is 15.6 Å². The number of rotatable bonds is 6. The summed E-state index contributed by atoms with van der Waals surface area (Å²) in [6, 6.07) is 0.0344. The van der Waals surface area contributed by atoms with Gasteiger partial charge in [-0.15, -0.1) is 0 Å². The third-order valence-electron chi connectivity index (χ3n) is 7.13. The second kappa shape index (κ2) is 8.81. The Morgan fingerprint density at radius 1 is 1.17 bits per heavy atom. The maximum Gasteiger partial charge on any atom is 0.228 e. The van der Waals surface area contributed by atoms with Gasteiger partial charge in [-0.25, -0.2) is 4.63 Å². The van der Waals surface area contributed by atoms with E-state index in [1.165, 1.54) is 25.7 Å². The third kappa shape index (κ3) is 4.63. The van der Waals surface area contributed by atoms with E-state index in [0.29, 0.717) is 35.6 Å². The van der Waals surface area contributed by atoms with Crippen molar-refractivity contribution >= 4 is 11.8 Å². The van der Waals surface area contributed by atoms with Crippen LogP contribution < -0.4 is 5.32 Å². The molecule has 1 aromatic rings. The number of aryl methyl sites for hydroxylation is 1. The number of carbonyl (C=O) groups is 2. The van der Waals surface area contributed by atoms with Crippen molar-refractivity contribution in [3.8, 4) is 0 Å². The number of ether oxygens (including phenoxy) is 1. The van der Waals surface area contributed by atoms with Gasteiger partial charge in [-0.2, -0.15) is 0 Å². The Kier molecular flexibility index (Phi) is 6.18. The summed E-state index contributed by atoms with van der Waals surface area (Å²) in [5.41, 5.74) is 1.27. The lowest BCUT2D eigenvalue weighted by atomic mass is 9.77. The van der Waals surface area contributed by atoms with Crippen LogP contribution in [-0.4, -0.2) is 59.4 Å². The van der Waals surface area contributed by atoms with Crippen LogP contribution in [0.2, 0.25) is 0 Å². The van der Waals surface area contributed by atoms with E-state index in [0.717, 1.165) is 25.9 Å². The summed E-state index contributed by atoms with van der Waals surface area (Å²) in [6.07, 6.45) is 7.47. The lowest BCUT2D eigenvalue weighted by Gasteiger charge is -2.37. The molecule has 2 heterocycles. The fourth-order valence-corrected chi connectivity index (χ4v) is 5.44. The molecule has 160 valence electrons. The normalized spacial score (nSPS) is 29.8.